The van der Waals surface area contributed by atoms with Crippen molar-refractivity contribution in [3.8, 4) is 0 Å². The van der Waals surface area contributed by atoms with Gasteiger partial charge in [0.25, 0.3) is 0 Å². The van der Waals surface area contributed by atoms with Crippen LogP contribution in [0.15, 0.2) is 18.2 Å². The Balaban J connectivity index is 0.00000225. The second-order valence-corrected chi connectivity index (χ2v) is 4.12. The summed E-state index contributed by atoms with van der Waals surface area (Å²) in [7, 11) is 0. The average Bonchev–Trinajstić information content (AvgIpc) is 2.22. The molecule has 0 aliphatic heterocycles. The Bertz CT molecular complexity index is 318. The van der Waals surface area contributed by atoms with E-state index in [1.807, 2.05) is 0 Å². The fourth-order valence-electron chi connectivity index (χ4n) is 1.58. The van der Waals surface area contributed by atoms with Crippen LogP contribution in [-0.2, 0) is 0 Å². The molecule has 1 atom stereocenters. The summed E-state index contributed by atoms with van der Waals surface area (Å²) in [6.45, 7) is 2.14. The van der Waals surface area contributed by atoms with Crippen molar-refractivity contribution in [1.29, 1.82) is 0 Å². The zero-order valence-corrected chi connectivity index (χ0v) is 11.0. The molecule has 0 aliphatic carbocycles. The van der Waals surface area contributed by atoms with E-state index < -0.39 is 0 Å². The van der Waals surface area contributed by atoms with E-state index in [1.54, 1.807) is 12.1 Å². The Kier molecular flexibility index (Phi) is 7.73. The normalized spacial score (nSPS) is 12.0. The van der Waals surface area contributed by atoms with Gasteiger partial charge < -0.3 is 5.73 Å². The van der Waals surface area contributed by atoms with E-state index in [9.17, 15) is 4.39 Å². The van der Waals surface area contributed by atoms with Crippen LogP contribution in [0.4, 0.5) is 4.39 Å². The van der Waals surface area contributed by atoms with Crippen LogP contribution in [0.2, 0.25) is 5.02 Å². The van der Waals surface area contributed by atoms with Gasteiger partial charge >= 0.3 is 0 Å². The van der Waals surface area contributed by atoms with Gasteiger partial charge in [-0.3, -0.25) is 0 Å². The molecule has 1 nitrogen and oxygen atoms in total. The minimum Gasteiger partial charge on any atom is -0.324 e. The summed E-state index contributed by atoms with van der Waals surface area (Å²) in [6, 6.07) is 4.64. The highest BCUT2D eigenvalue weighted by atomic mass is 35.5. The van der Waals surface area contributed by atoms with Crippen LogP contribution in [0.5, 0.6) is 0 Å². The fraction of sp³-hybridized carbons (Fsp3) is 0.500. The first-order chi connectivity index (χ1) is 7.16. The Morgan fingerprint density at radius 3 is 2.69 bits per heavy atom. The van der Waals surface area contributed by atoms with Crippen molar-refractivity contribution in [2.75, 3.05) is 0 Å². The van der Waals surface area contributed by atoms with Crippen molar-refractivity contribution in [2.24, 2.45) is 5.73 Å². The first-order valence-electron chi connectivity index (χ1n) is 5.36. The summed E-state index contributed by atoms with van der Waals surface area (Å²) in [5.74, 6) is -0.389. The van der Waals surface area contributed by atoms with E-state index in [0.717, 1.165) is 25.7 Å². The van der Waals surface area contributed by atoms with Crippen LogP contribution < -0.4 is 5.73 Å². The molecule has 1 aromatic carbocycles. The molecule has 0 saturated heterocycles. The first kappa shape index (κ1) is 15.7. The molecule has 4 heteroatoms. The maximum Gasteiger partial charge on any atom is 0.142 e. The van der Waals surface area contributed by atoms with Gasteiger partial charge in [0.1, 0.15) is 5.82 Å². The lowest BCUT2D eigenvalue weighted by Crippen LogP contribution is -2.11. The number of halogens is 3. The molecule has 0 heterocycles. The summed E-state index contributed by atoms with van der Waals surface area (Å²) < 4.78 is 13.1. The molecule has 1 aromatic rings. The monoisotopic (exact) mass is 265 g/mol. The van der Waals surface area contributed by atoms with E-state index in [-0.39, 0.29) is 29.3 Å². The zero-order chi connectivity index (χ0) is 11.3. The molecular formula is C12H18Cl2FN. The standard InChI is InChI=1S/C12H17ClFN.ClH/c1-2-3-4-8-11(15)9-6-5-7-10(14)12(9)13;/h5-7,11H,2-4,8,15H2,1H3;1H/t11-;/m0./s1. The topological polar surface area (TPSA) is 26.0 Å². The quantitative estimate of drug-likeness (QED) is 0.781. The summed E-state index contributed by atoms with van der Waals surface area (Å²) in [5.41, 5.74) is 6.67. The van der Waals surface area contributed by atoms with E-state index in [1.165, 1.54) is 6.07 Å². The summed E-state index contributed by atoms with van der Waals surface area (Å²) in [5, 5.41) is 0.168. The van der Waals surface area contributed by atoms with Gasteiger partial charge in [0.2, 0.25) is 0 Å². The molecule has 0 aliphatic rings. The van der Waals surface area contributed by atoms with Gasteiger partial charge in [0, 0.05) is 6.04 Å². The highest BCUT2D eigenvalue weighted by Crippen LogP contribution is 2.27. The Morgan fingerprint density at radius 2 is 2.06 bits per heavy atom. The largest absolute Gasteiger partial charge is 0.324 e. The molecule has 0 bridgehead atoms. The van der Waals surface area contributed by atoms with Crippen molar-refractivity contribution in [1.82, 2.24) is 0 Å². The minimum atomic E-state index is -0.389. The Hall–Kier alpha value is -0.310. The fourth-order valence-corrected chi connectivity index (χ4v) is 1.84. The first-order valence-corrected chi connectivity index (χ1v) is 5.74. The number of benzene rings is 1. The smallest absolute Gasteiger partial charge is 0.142 e. The number of rotatable bonds is 5. The zero-order valence-electron chi connectivity index (χ0n) is 9.38. The van der Waals surface area contributed by atoms with Gasteiger partial charge in [-0.2, -0.15) is 0 Å². The van der Waals surface area contributed by atoms with Crippen LogP contribution in [0, 0.1) is 5.82 Å². The Morgan fingerprint density at radius 1 is 1.38 bits per heavy atom. The highest BCUT2D eigenvalue weighted by Gasteiger charge is 2.12. The maximum atomic E-state index is 13.1. The number of hydrogen-bond acceptors (Lipinski definition) is 1. The number of unbranched alkanes of at least 4 members (excludes halogenated alkanes) is 2. The van der Waals surface area contributed by atoms with E-state index in [4.69, 9.17) is 17.3 Å². The molecule has 1 rings (SSSR count). The lowest BCUT2D eigenvalue weighted by molar-refractivity contribution is 0.573. The van der Waals surface area contributed by atoms with Gasteiger partial charge in [-0.25, -0.2) is 4.39 Å². The third-order valence-electron chi connectivity index (χ3n) is 2.50. The molecule has 2 N–H and O–H groups in total. The van der Waals surface area contributed by atoms with Crippen molar-refractivity contribution in [3.05, 3.63) is 34.6 Å². The van der Waals surface area contributed by atoms with Crippen molar-refractivity contribution >= 4 is 24.0 Å². The van der Waals surface area contributed by atoms with Crippen molar-refractivity contribution in [3.63, 3.8) is 0 Å². The molecular weight excluding hydrogens is 248 g/mol. The highest BCUT2D eigenvalue weighted by molar-refractivity contribution is 6.31. The summed E-state index contributed by atoms with van der Waals surface area (Å²) >= 11 is 5.85. The van der Waals surface area contributed by atoms with E-state index in [0.29, 0.717) is 5.56 Å². The predicted octanol–water partition coefficient (Wildman–Crippen LogP) is 4.48. The summed E-state index contributed by atoms with van der Waals surface area (Å²) in [6.07, 6.45) is 4.23. The van der Waals surface area contributed by atoms with Gasteiger partial charge in [-0.05, 0) is 18.1 Å². The predicted molar refractivity (Wildman–Crippen MR) is 69.7 cm³/mol. The van der Waals surface area contributed by atoms with Crippen LogP contribution in [0.1, 0.15) is 44.2 Å². The lowest BCUT2D eigenvalue weighted by Gasteiger charge is -2.13. The number of hydrogen-bond donors (Lipinski definition) is 1. The number of nitrogens with two attached hydrogens (primary N) is 1. The van der Waals surface area contributed by atoms with Gasteiger partial charge in [-0.1, -0.05) is 49.9 Å². The minimum absolute atomic E-state index is 0. The van der Waals surface area contributed by atoms with Crippen molar-refractivity contribution in [2.45, 2.75) is 38.6 Å². The van der Waals surface area contributed by atoms with Gasteiger partial charge in [-0.15, -0.1) is 12.4 Å². The molecule has 0 fully saturated rings. The second-order valence-electron chi connectivity index (χ2n) is 3.75. The Labute approximate surface area is 108 Å². The van der Waals surface area contributed by atoms with E-state index in [2.05, 4.69) is 6.92 Å². The van der Waals surface area contributed by atoms with Gasteiger partial charge in [0.05, 0.1) is 5.02 Å². The summed E-state index contributed by atoms with van der Waals surface area (Å²) in [4.78, 5) is 0. The van der Waals surface area contributed by atoms with Gasteiger partial charge in [0.15, 0.2) is 0 Å². The third kappa shape index (κ3) is 4.28. The molecule has 0 saturated carbocycles. The SMILES string of the molecule is CCCCC[C@H](N)c1cccc(F)c1Cl.Cl. The maximum absolute atomic E-state index is 13.1. The molecule has 0 spiro atoms. The van der Waals surface area contributed by atoms with Crippen molar-refractivity contribution < 1.29 is 4.39 Å². The average molecular weight is 266 g/mol. The lowest BCUT2D eigenvalue weighted by atomic mass is 10.0. The van der Waals surface area contributed by atoms with Crippen LogP contribution in [-0.4, -0.2) is 0 Å². The molecule has 0 radical (unpaired) electrons. The van der Waals surface area contributed by atoms with Crippen LogP contribution in [0.25, 0.3) is 0 Å². The van der Waals surface area contributed by atoms with Crippen LogP contribution >= 0.6 is 24.0 Å². The second kappa shape index (κ2) is 7.88. The molecule has 0 aromatic heterocycles. The third-order valence-corrected chi connectivity index (χ3v) is 2.90. The van der Waals surface area contributed by atoms with Crippen LogP contribution in [0.3, 0.4) is 0 Å². The molecule has 0 amide bonds. The molecule has 16 heavy (non-hydrogen) atoms. The molecule has 0 unspecified atom stereocenters. The van der Waals surface area contributed by atoms with E-state index >= 15 is 0 Å². The molecule has 92 valence electrons.